The molecule has 6 aliphatic carbocycles. The molecule has 0 atom stereocenters. The van der Waals surface area contributed by atoms with E-state index in [0.717, 1.165) is 68.6 Å². The summed E-state index contributed by atoms with van der Waals surface area (Å²) >= 11 is 2.74. The van der Waals surface area contributed by atoms with Crippen molar-refractivity contribution in [3.8, 4) is 5.75 Å². The molecule has 1 aromatic heterocycles. The van der Waals surface area contributed by atoms with E-state index in [0.29, 0.717) is 27.1 Å². The summed E-state index contributed by atoms with van der Waals surface area (Å²) in [5, 5.41) is 0. The van der Waals surface area contributed by atoms with E-state index in [1.165, 1.54) is 5.69 Å². The van der Waals surface area contributed by atoms with Crippen LogP contribution < -0.4 is 14.5 Å². The van der Waals surface area contributed by atoms with Gasteiger partial charge in [-0.05, 0) is 59.8 Å². The number of rotatable bonds is 7. The van der Waals surface area contributed by atoms with E-state index in [2.05, 4.69) is 49.5 Å². The van der Waals surface area contributed by atoms with Crippen LogP contribution in [-0.2, 0) is 4.79 Å². The summed E-state index contributed by atoms with van der Waals surface area (Å²) in [6.45, 7) is 5.54. The molecule has 7 fully saturated rings. The van der Waals surface area contributed by atoms with Crippen molar-refractivity contribution >= 4 is 40.0 Å². The fourth-order valence-electron chi connectivity index (χ4n) is 9.24. The number of methoxy groups -OCH3 is 1. The molecule has 1 aromatic carbocycles. The Morgan fingerprint density at radius 2 is 1.71 bits per heavy atom. The molecular weight excluding hydrogens is 535 g/mol. The molecular formula is C27H29IN4O2. The van der Waals surface area contributed by atoms with Gasteiger partial charge in [0, 0.05) is 48.9 Å². The van der Waals surface area contributed by atoms with Crippen LogP contribution in [0.25, 0.3) is 0 Å². The van der Waals surface area contributed by atoms with E-state index in [1.54, 1.807) is 7.11 Å². The second-order valence-electron chi connectivity index (χ2n) is 11.1. The number of carbonyl (C=O) groups excluding carboxylic acids is 1. The number of hydrogen-bond donors (Lipinski definition) is 0. The molecule has 6 saturated carbocycles. The lowest BCUT2D eigenvalue weighted by atomic mass is 8.96. The Kier molecular flexibility index (Phi) is 3.98. The number of alkyl halides is 1. The standard InChI is InChI=1S/C27H29IN4O2/c1-34-17-7-3-2-6-16(17)31-13-10-30(11-14-31)12-15-32(18-8-4-5-9-29-18)25(33)26-19-22-20(26)24-21(26)23(19)27(22,24)28/h2-9,19-24H,10-15H2,1H3/i28-4. The number of para-hydroxylation sites is 2. The van der Waals surface area contributed by atoms with Crippen molar-refractivity contribution in [3.05, 3.63) is 48.7 Å². The summed E-state index contributed by atoms with van der Waals surface area (Å²) < 4.78 is 6.17. The Hall–Kier alpha value is -1.87. The number of halogens is 1. The van der Waals surface area contributed by atoms with Crippen LogP contribution in [0.1, 0.15) is 0 Å². The number of benzene rings is 1. The van der Waals surface area contributed by atoms with Crippen LogP contribution in [0.15, 0.2) is 48.7 Å². The molecule has 1 aliphatic heterocycles. The summed E-state index contributed by atoms with van der Waals surface area (Å²) in [7, 11) is 1.74. The fourth-order valence-corrected chi connectivity index (χ4v) is 11.6. The molecule has 6 nitrogen and oxygen atoms in total. The van der Waals surface area contributed by atoms with Crippen molar-refractivity contribution in [2.45, 2.75) is 3.42 Å². The van der Waals surface area contributed by atoms with E-state index in [9.17, 15) is 4.79 Å². The quantitative estimate of drug-likeness (QED) is 0.382. The maximum absolute atomic E-state index is 14.1. The summed E-state index contributed by atoms with van der Waals surface area (Å²) in [6.07, 6.45) is 1.82. The van der Waals surface area contributed by atoms with Crippen molar-refractivity contribution < 1.29 is 9.53 Å². The van der Waals surface area contributed by atoms with Crippen molar-refractivity contribution in [2.24, 2.45) is 40.9 Å². The van der Waals surface area contributed by atoms with E-state index in [1.807, 2.05) is 41.4 Å². The second-order valence-corrected chi connectivity index (χ2v) is 12.9. The first kappa shape index (κ1) is 20.3. The Labute approximate surface area is 213 Å². The van der Waals surface area contributed by atoms with Gasteiger partial charge in [0.1, 0.15) is 11.6 Å². The van der Waals surface area contributed by atoms with Gasteiger partial charge in [0.05, 0.1) is 18.2 Å². The predicted molar refractivity (Wildman–Crippen MR) is 138 cm³/mol. The van der Waals surface area contributed by atoms with Gasteiger partial charge in [0.25, 0.3) is 0 Å². The van der Waals surface area contributed by atoms with Crippen molar-refractivity contribution in [2.75, 3.05) is 56.2 Å². The van der Waals surface area contributed by atoms with Gasteiger partial charge in [-0.15, -0.1) is 0 Å². The zero-order valence-corrected chi connectivity index (χ0v) is 21.5. The largest absolute Gasteiger partial charge is 0.495 e. The molecule has 176 valence electrons. The third-order valence-corrected chi connectivity index (χ3v) is 12.6. The lowest BCUT2D eigenvalue weighted by Gasteiger charge is -3.09. The zero-order chi connectivity index (χ0) is 22.8. The van der Waals surface area contributed by atoms with Gasteiger partial charge in [-0.1, -0.05) is 40.8 Å². The maximum atomic E-state index is 14.1. The van der Waals surface area contributed by atoms with Crippen LogP contribution in [0.5, 0.6) is 5.75 Å². The van der Waals surface area contributed by atoms with Crippen LogP contribution in [0.2, 0.25) is 0 Å². The molecule has 34 heavy (non-hydrogen) atoms. The van der Waals surface area contributed by atoms with Crippen LogP contribution in [-0.4, -0.2) is 65.6 Å². The van der Waals surface area contributed by atoms with Crippen LogP contribution in [0, 0.1) is 40.9 Å². The van der Waals surface area contributed by atoms with Gasteiger partial charge >= 0.3 is 0 Å². The van der Waals surface area contributed by atoms with E-state index in [4.69, 9.17) is 4.74 Å². The molecule has 2 aromatic rings. The van der Waals surface area contributed by atoms with E-state index in [-0.39, 0.29) is 5.41 Å². The second kappa shape index (κ2) is 6.66. The van der Waals surface area contributed by atoms with Crippen LogP contribution in [0.4, 0.5) is 11.5 Å². The molecule has 2 heterocycles. The number of anilines is 2. The Morgan fingerprint density at radius 3 is 2.35 bits per heavy atom. The molecule has 1 amide bonds. The van der Waals surface area contributed by atoms with Gasteiger partial charge in [0.2, 0.25) is 5.91 Å². The molecule has 1 saturated heterocycles. The highest BCUT2D eigenvalue weighted by Crippen LogP contribution is 3.09. The number of nitrogens with zero attached hydrogens (tertiary/aromatic N) is 4. The third kappa shape index (κ3) is 2.03. The van der Waals surface area contributed by atoms with Gasteiger partial charge in [-0.25, -0.2) is 4.98 Å². The summed E-state index contributed by atoms with van der Waals surface area (Å²) in [6, 6.07) is 14.2. The number of ether oxygens (including phenoxy) is 1. The highest BCUT2D eigenvalue weighted by atomic mass is 123. The molecule has 7 aliphatic rings. The van der Waals surface area contributed by atoms with Crippen molar-refractivity contribution in [1.29, 1.82) is 0 Å². The molecule has 9 rings (SSSR count). The van der Waals surface area contributed by atoms with Gasteiger partial charge < -0.3 is 9.64 Å². The van der Waals surface area contributed by atoms with E-state index < -0.39 is 0 Å². The number of pyridine rings is 1. The van der Waals surface area contributed by atoms with E-state index >= 15 is 0 Å². The predicted octanol–water partition coefficient (Wildman–Crippen LogP) is 3.17. The van der Waals surface area contributed by atoms with Gasteiger partial charge in [-0.3, -0.25) is 14.6 Å². The minimum Gasteiger partial charge on any atom is -0.495 e. The summed E-state index contributed by atoms with van der Waals surface area (Å²) in [5.74, 6) is 6.78. The molecule has 0 N–H and O–H groups in total. The summed E-state index contributed by atoms with van der Waals surface area (Å²) in [4.78, 5) is 25.6. The molecule has 0 radical (unpaired) electrons. The topological polar surface area (TPSA) is 48.9 Å². The highest BCUT2D eigenvalue weighted by molar-refractivity contribution is 14.1. The number of aromatic nitrogens is 1. The first-order valence-electron chi connectivity index (χ1n) is 12.7. The Bertz CT molecular complexity index is 1130. The zero-order valence-electron chi connectivity index (χ0n) is 19.3. The van der Waals surface area contributed by atoms with Gasteiger partial charge in [0.15, 0.2) is 0 Å². The minimum atomic E-state index is -0.00694. The average molecular weight is 564 g/mol. The number of carbonyl (C=O) groups is 1. The van der Waals surface area contributed by atoms with Crippen LogP contribution >= 0.6 is 22.6 Å². The minimum absolute atomic E-state index is 0.00694. The molecule has 0 unspecified atom stereocenters. The monoisotopic (exact) mass is 564 g/mol. The lowest BCUT2D eigenvalue weighted by Crippen LogP contribution is -3.12. The fraction of sp³-hybridized carbons (Fsp3) is 0.556. The third-order valence-electron chi connectivity index (χ3n) is 10.5. The number of piperazine rings is 1. The normalized spacial score (nSPS) is 41.8. The molecule has 0 bridgehead atoms. The smallest absolute Gasteiger partial charge is 0.235 e. The maximum Gasteiger partial charge on any atom is 0.235 e. The first-order chi connectivity index (χ1) is 16.6. The highest BCUT2D eigenvalue weighted by Gasteiger charge is 3.11. The average Bonchev–Trinajstić information content (AvgIpc) is 2.90. The summed E-state index contributed by atoms with van der Waals surface area (Å²) in [5.41, 5.74) is 1.16. The molecule has 7 heteroatoms. The van der Waals surface area contributed by atoms with Crippen LogP contribution in [0.3, 0.4) is 0 Å². The SMILES string of the molecule is COc1ccccc1N1CCN(CCN(C(=O)C23C4C5C2C2C3C4C52[123I])c2ccccn2)CC1. The van der Waals surface area contributed by atoms with Crippen molar-refractivity contribution in [1.82, 2.24) is 9.88 Å². The van der Waals surface area contributed by atoms with Crippen molar-refractivity contribution in [3.63, 3.8) is 0 Å². The number of amides is 1. The lowest BCUT2D eigenvalue weighted by molar-refractivity contribution is -0.571. The number of hydrogen-bond acceptors (Lipinski definition) is 5. The Balaban J connectivity index is 0.960. The van der Waals surface area contributed by atoms with Gasteiger partial charge in [-0.2, -0.15) is 0 Å². The Morgan fingerprint density at radius 1 is 1.03 bits per heavy atom. The molecule has 0 spiro atoms. The first-order valence-corrected chi connectivity index (χ1v) is 13.7.